The Morgan fingerprint density at radius 1 is 1.02 bits per heavy atom. The predicted molar refractivity (Wildman–Crippen MR) is 197 cm³/mol. The first-order chi connectivity index (χ1) is 24.4. The molecule has 0 spiro atoms. The number of aromatic amines is 1. The number of benzene rings is 1. The Labute approximate surface area is 301 Å². The van der Waals surface area contributed by atoms with Crippen molar-refractivity contribution < 1.29 is 19.8 Å². The molecule has 1 aromatic carbocycles. The lowest BCUT2D eigenvalue weighted by Gasteiger charge is -2.44. The second-order valence-electron chi connectivity index (χ2n) is 16.6. The van der Waals surface area contributed by atoms with Gasteiger partial charge >= 0.3 is 6.03 Å². The summed E-state index contributed by atoms with van der Waals surface area (Å²) >= 11 is 0. The fourth-order valence-electron chi connectivity index (χ4n) is 9.15. The minimum atomic E-state index is -0.647. The number of para-hydroxylation sites is 1. The van der Waals surface area contributed by atoms with E-state index in [0.717, 1.165) is 43.6 Å². The third-order valence-corrected chi connectivity index (χ3v) is 12.1. The van der Waals surface area contributed by atoms with E-state index in [9.17, 15) is 19.8 Å². The molecule has 4 N–H and O–H groups in total. The van der Waals surface area contributed by atoms with Gasteiger partial charge in [0.15, 0.2) is 5.65 Å². The summed E-state index contributed by atoms with van der Waals surface area (Å²) < 4.78 is 0. The van der Waals surface area contributed by atoms with Crippen molar-refractivity contribution in [2.45, 2.75) is 103 Å². The number of nitrogens with zero attached hydrogens (tertiary/aromatic N) is 6. The van der Waals surface area contributed by atoms with Crippen LogP contribution >= 0.6 is 0 Å². The van der Waals surface area contributed by atoms with Crippen LogP contribution in [-0.4, -0.2) is 127 Å². The zero-order valence-electron chi connectivity index (χ0n) is 30.9. The molecule has 7 rings (SSSR count). The van der Waals surface area contributed by atoms with E-state index in [1.807, 2.05) is 50.8 Å². The number of β-amino-alcohol motifs (C(OH)–C–C–N with tert-alkyl or cyclic N) is 1. The Balaban J connectivity index is 0.905. The molecular weight excluding hydrogens is 644 g/mol. The number of aromatic hydroxyl groups is 1. The number of aliphatic hydroxyl groups excluding tert-OH is 1. The van der Waals surface area contributed by atoms with E-state index in [1.165, 1.54) is 36.9 Å². The second kappa shape index (κ2) is 14.4. The molecule has 0 radical (unpaired) electrons. The van der Waals surface area contributed by atoms with E-state index >= 15 is 0 Å². The summed E-state index contributed by atoms with van der Waals surface area (Å²) in [5.74, 6) is 0.757. The maximum atomic E-state index is 13.5. The van der Waals surface area contributed by atoms with Gasteiger partial charge in [0.05, 0.1) is 11.8 Å². The number of phenolic OH excluding ortho intramolecular Hbond substituents is 1. The van der Waals surface area contributed by atoms with Crippen molar-refractivity contribution in [3.8, 4) is 17.0 Å². The number of likely N-dealkylation sites (tertiary alicyclic amines) is 1. The van der Waals surface area contributed by atoms with Crippen LogP contribution in [0.5, 0.6) is 5.75 Å². The van der Waals surface area contributed by atoms with Crippen LogP contribution in [0.1, 0.15) is 84.0 Å². The molecule has 5 heterocycles. The number of H-pyrrole nitrogens is 1. The number of aliphatic hydroxyl groups is 1. The summed E-state index contributed by atoms with van der Waals surface area (Å²) in [6.07, 6.45) is 5.81. The number of piperazine rings is 1. The molecule has 3 fully saturated rings. The number of nitrogens with one attached hydrogen (secondary N) is 2. The highest BCUT2D eigenvalue weighted by Gasteiger charge is 2.41. The van der Waals surface area contributed by atoms with Crippen molar-refractivity contribution in [2.24, 2.45) is 11.3 Å². The topological polar surface area (TPSA) is 141 Å². The highest BCUT2D eigenvalue weighted by Crippen LogP contribution is 2.41. The zero-order chi connectivity index (χ0) is 36.0. The zero-order valence-corrected chi connectivity index (χ0v) is 30.9. The maximum Gasteiger partial charge on any atom is 0.318 e. The summed E-state index contributed by atoms with van der Waals surface area (Å²) in [6, 6.07) is 9.33. The lowest BCUT2D eigenvalue weighted by Crippen LogP contribution is -2.60. The third kappa shape index (κ3) is 7.32. The Morgan fingerprint density at radius 2 is 1.75 bits per heavy atom. The van der Waals surface area contributed by atoms with Crippen molar-refractivity contribution in [2.75, 3.05) is 45.8 Å². The molecule has 3 amide bonds. The van der Waals surface area contributed by atoms with Crippen LogP contribution in [0.15, 0.2) is 30.3 Å². The summed E-state index contributed by atoms with van der Waals surface area (Å²) in [5, 5.41) is 33.7. The molecular formula is C39H56N8O4. The molecule has 3 aliphatic heterocycles. The summed E-state index contributed by atoms with van der Waals surface area (Å²) in [5.41, 5.74) is 4.31. The van der Waals surface area contributed by atoms with Crippen molar-refractivity contribution in [3.05, 3.63) is 41.6 Å². The van der Waals surface area contributed by atoms with Crippen LogP contribution in [0.25, 0.3) is 22.3 Å². The molecule has 0 bridgehead atoms. The molecule has 4 aliphatic rings. The summed E-state index contributed by atoms with van der Waals surface area (Å²) in [6.45, 7) is 15.6. The van der Waals surface area contributed by atoms with E-state index in [-0.39, 0.29) is 29.8 Å². The highest BCUT2D eigenvalue weighted by atomic mass is 16.3. The number of aromatic nitrogens is 3. The molecule has 2 aromatic heterocycles. The monoisotopic (exact) mass is 700 g/mol. The third-order valence-electron chi connectivity index (χ3n) is 12.1. The molecule has 4 atom stereocenters. The normalized spacial score (nSPS) is 27.1. The number of fused-ring (bicyclic) bond motifs is 3. The Morgan fingerprint density at radius 3 is 2.41 bits per heavy atom. The van der Waals surface area contributed by atoms with Gasteiger partial charge in [-0.25, -0.2) is 4.79 Å². The van der Waals surface area contributed by atoms with Crippen molar-refractivity contribution >= 4 is 23.0 Å². The van der Waals surface area contributed by atoms with Crippen LogP contribution in [-0.2, 0) is 11.2 Å². The molecule has 2 saturated heterocycles. The van der Waals surface area contributed by atoms with Crippen LogP contribution in [0, 0.1) is 11.3 Å². The van der Waals surface area contributed by atoms with Crippen molar-refractivity contribution in [1.82, 2.24) is 40.1 Å². The minimum absolute atomic E-state index is 0.0376. The number of hydrogen-bond donors (Lipinski definition) is 4. The Hall–Kier alpha value is -3.74. The molecule has 3 aromatic rings. The van der Waals surface area contributed by atoms with Gasteiger partial charge in [-0.15, -0.1) is 10.2 Å². The van der Waals surface area contributed by atoms with E-state index in [4.69, 9.17) is 0 Å². The van der Waals surface area contributed by atoms with Gasteiger partial charge < -0.3 is 30.3 Å². The van der Waals surface area contributed by atoms with Gasteiger partial charge in [-0.2, -0.15) is 0 Å². The number of rotatable bonds is 6. The van der Waals surface area contributed by atoms with Crippen molar-refractivity contribution in [3.63, 3.8) is 0 Å². The van der Waals surface area contributed by atoms with Gasteiger partial charge in [-0.1, -0.05) is 32.9 Å². The summed E-state index contributed by atoms with van der Waals surface area (Å²) in [4.78, 5) is 39.2. The van der Waals surface area contributed by atoms with E-state index in [2.05, 4.69) is 43.3 Å². The average molecular weight is 701 g/mol. The standard InChI is InChI=1S/C39H56N8O4/c1-24-20-28(48)23-47(24)37(50)35(39(3,4)5)41-38(51)45-18-16-44(17-19-45)22-26-10-12-27(13-11-26)46-15-14-31-34(25(46)2)30-21-32(42-43-36(30)40-31)29-8-6-7-9-33(29)49/h6-9,21,24-28,35,48-49H,10-20,22-23H2,1-5H3,(H,40,43)(H,41,51)/t24-,25-,26-,27+,28-,35-/m1/s1. The number of amides is 3. The molecule has 51 heavy (non-hydrogen) atoms. The Kier molecular flexibility index (Phi) is 10.0. The van der Waals surface area contributed by atoms with Crippen LogP contribution in [0.2, 0.25) is 0 Å². The first kappa shape index (κ1) is 35.7. The number of carbonyl (C=O) groups excluding carboxylic acids is 2. The minimum Gasteiger partial charge on any atom is -0.507 e. The van der Waals surface area contributed by atoms with Crippen molar-refractivity contribution in [1.29, 1.82) is 0 Å². The highest BCUT2D eigenvalue weighted by molar-refractivity contribution is 5.88. The van der Waals surface area contributed by atoms with Crippen LogP contribution in [0.4, 0.5) is 4.79 Å². The molecule has 12 nitrogen and oxygen atoms in total. The SMILES string of the molecule is C[C@@H]1C[C@@H](O)CN1C(=O)[C@@H](NC(=O)N1CCN(C[C@H]2CC[C@@H](N3CCc4[nH]c5nnc(-c6ccccc6O)cc5c4[C@H]3C)CC2)CC1)C(C)(C)C. The predicted octanol–water partition coefficient (Wildman–Crippen LogP) is 4.53. The van der Waals surface area contributed by atoms with E-state index < -0.39 is 17.6 Å². The average Bonchev–Trinajstić information content (AvgIpc) is 3.65. The number of phenols is 1. The van der Waals surface area contributed by atoms with Gasteiger partial charge in [-0.05, 0) is 81.0 Å². The second-order valence-corrected chi connectivity index (χ2v) is 16.6. The van der Waals surface area contributed by atoms with Gasteiger partial charge in [-0.3, -0.25) is 14.6 Å². The number of urea groups is 1. The fourth-order valence-corrected chi connectivity index (χ4v) is 9.15. The maximum absolute atomic E-state index is 13.5. The van der Waals surface area contributed by atoms with Gasteiger partial charge in [0.2, 0.25) is 5.91 Å². The van der Waals surface area contributed by atoms with E-state index in [0.29, 0.717) is 49.3 Å². The van der Waals surface area contributed by atoms with Gasteiger partial charge in [0, 0.05) is 87.0 Å². The quantitative estimate of drug-likeness (QED) is 0.294. The molecule has 1 saturated carbocycles. The van der Waals surface area contributed by atoms with Gasteiger partial charge in [0.1, 0.15) is 11.8 Å². The number of carbonyl (C=O) groups is 2. The summed E-state index contributed by atoms with van der Waals surface area (Å²) in [7, 11) is 0. The van der Waals surface area contributed by atoms with Gasteiger partial charge in [0.25, 0.3) is 0 Å². The molecule has 0 unspecified atom stereocenters. The molecule has 12 heteroatoms. The first-order valence-corrected chi connectivity index (χ1v) is 19.1. The smallest absolute Gasteiger partial charge is 0.318 e. The fraction of sp³-hybridized carbons (Fsp3) is 0.641. The van der Waals surface area contributed by atoms with Crippen LogP contribution < -0.4 is 5.32 Å². The lowest BCUT2D eigenvalue weighted by atomic mass is 9.83. The van der Waals surface area contributed by atoms with E-state index in [1.54, 1.807) is 11.0 Å². The lowest BCUT2D eigenvalue weighted by molar-refractivity contribution is -0.136. The molecule has 276 valence electrons. The Bertz CT molecular complexity index is 1720. The number of hydrogen-bond acceptors (Lipinski definition) is 8. The largest absolute Gasteiger partial charge is 0.507 e. The molecule has 1 aliphatic carbocycles. The first-order valence-electron chi connectivity index (χ1n) is 19.1. The van der Waals surface area contributed by atoms with Crippen LogP contribution in [0.3, 0.4) is 0 Å².